The highest BCUT2D eigenvalue weighted by molar-refractivity contribution is 6.09. The molecule has 2 atom stereocenters. The molecule has 0 saturated heterocycles. The zero-order chi connectivity index (χ0) is 27.6. The van der Waals surface area contributed by atoms with Crippen LogP contribution in [0.5, 0.6) is 11.5 Å². The Kier molecular flexibility index (Phi) is 14.5. The van der Waals surface area contributed by atoms with Crippen molar-refractivity contribution in [2.24, 2.45) is 5.92 Å². The number of allylic oxidation sites excluding steroid dienone is 4. The van der Waals surface area contributed by atoms with Crippen LogP contribution in [-0.4, -0.2) is 61.5 Å². The quantitative estimate of drug-likeness (QED) is 0.174. The molecule has 0 fully saturated rings. The normalized spacial score (nSPS) is 16.8. The largest absolute Gasteiger partial charge is 0.510 e. The molecule has 1 aromatic carbocycles. The summed E-state index contributed by atoms with van der Waals surface area (Å²) in [4.78, 5) is 34.4. The van der Waals surface area contributed by atoms with Crippen molar-refractivity contribution in [1.29, 1.82) is 0 Å². The number of methoxy groups -OCH3 is 2. The number of benzene rings is 1. The van der Waals surface area contributed by atoms with Gasteiger partial charge in [0.25, 0.3) is 0 Å². The molecule has 2 rings (SSSR count). The second-order valence-corrected chi connectivity index (χ2v) is 7.77. The number of aliphatic hydroxyl groups excluding tert-OH is 1. The number of ketones is 2. The highest BCUT2D eigenvalue weighted by Crippen LogP contribution is 2.27. The van der Waals surface area contributed by atoms with Crippen molar-refractivity contribution in [2.75, 3.05) is 27.4 Å². The van der Waals surface area contributed by atoms with Crippen molar-refractivity contribution in [3.05, 3.63) is 79.1 Å². The minimum absolute atomic E-state index is 0.0166. The van der Waals surface area contributed by atoms with Gasteiger partial charge in [-0.1, -0.05) is 43.5 Å². The van der Waals surface area contributed by atoms with Crippen molar-refractivity contribution in [1.82, 2.24) is 0 Å². The van der Waals surface area contributed by atoms with Gasteiger partial charge in [0.1, 0.15) is 25.1 Å². The molecule has 1 aliphatic rings. The third-order valence-electron chi connectivity index (χ3n) is 4.97. The van der Waals surface area contributed by atoms with Gasteiger partial charge in [-0.05, 0) is 54.7 Å². The predicted molar refractivity (Wildman–Crippen MR) is 139 cm³/mol. The van der Waals surface area contributed by atoms with Crippen molar-refractivity contribution in [3.8, 4) is 11.5 Å². The second-order valence-electron chi connectivity index (χ2n) is 7.77. The number of aromatic hydroxyl groups is 1. The standard InChI is InChI=1S/C21H24O6.C7H10O3/c1-26-20-11-14(5-9-18(20)24)3-7-16(22)13-17(23)8-4-15-6-10-19(25)21(12-15)27-2;1-3-5-9-7(8)10-6-4-2/h3-5,7-11,15,21,24-25H,6,12-13H2,1-2H3;3-4H,1-2,5-6H2. The fourth-order valence-electron chi connectivity index (χ4n) is 3.09. The first-order valence-electron chi connectivity index (χ1n) is 11.5. The minimum Gasteiger partial charge on any atom is -0.510 e. The van der Waals surface area contributed by atoms with Crippen LogP contribution in [0.3, 0.4) is 0 Å². The SMILES string of the molecule is C=CCOC(=O)OCC=C.COc1cc(C=CC(=O)CC(=O)C=CC2CC=C(O)C(OC)C2)ccc1O. The van der Waals surface area contributed by atoms with Gasteiger partial charge < -0.3 is 29.2 Å². The van der Waals surface area contributed by atoms with Gasteiger partial charge in [-0.25, -0.2) is 4.79 Å². The number of phenols is 1. The molecular weight excluding hydrogens is 480 g/mol. The number of hydrogen-bond donors (Lipinski definition) is 2. The molecular formula is C28H34O9. The van der Waals surface area contributed by atoms with Gasteiger partial charge in [0.15, 0.2) is 23.1 Å². The fourth-order valence-corrected chi connectivity index (χ4v) is 3.09. The van der Waals surface area contributed by atoms with E-state index in [4.69, 9.17) is 9.47 Å². The minimum atomic E-state index is -0.695. The summed E-state index contributed by atoms with van der Waals surface area (Å²) in [5.41, 5.74) is 0.681. The van der Waals surface area contributed by atoms with Gasteiger partial charge in [0, 0.05) is 7.11 Å². The summed E-state index contributed by atoms with van der Waals surface area (Å²) >= 11 is 0. The van der Waals surface area contributed by atoms with Gasteiger partial charge in [-0.3, -0.25) is 9.59 Å². The Balaban J connectivity index is 0.000000580. The molecule has 9 nitrogen and oxygen atoms in total. The van der Waals surface area contributed by atoms with Gasteiger partial charge in [0.2, 0.25) is 0 Å². The molecule has 37 heavy (non-hydrogen) atoms. The van der Waals surface area contributed by atoms with Crippen LogP contribution in [0.2, 0.25) is 0 Å². The lowest BCUT2D eigenvalue weighted by Gasteiger charge is -2.23. The first-order valence-corrected chi connectivity index (χ1v) is 11.5. The fraction of sp³-hybridized carbons (Fsp3) is 0.321. The number of carbonyl (C=O) groups excluding carboxylic acids is 3. The van der Waals surface area contributed by atoms with Crippen LogP contribution in [0.4, 0.5) is 4.79 Å². The van der Waals surface area contributed by atoms with E-state index in [-0.39, 0.29) is 54.7 Å². The van der Waals surface area contributed by atoms with E-state index in [1.54, 1.807) is 30.4 Å². The monoisotopic (exact) mass is 514 g/mol. The lowest BCUT2D eigenvalue weighted by Crippen LogP contribution is -2.21. The molecule has 0 spiro atoms. The van der Waals surface area contributed by atoms with E-state index in [1.165, 1.54) is 44.6 Å². The summed E-state index contributed by atoms with van der Waals surface area (Å²) in [6.07, 6.45) is 10.7. The van der Waals surface area contributed by atoms with Crippen molar-refractivity contribution in [2.45, 2.75) is 25.4 Å². The highest BCUT2D eigenvalue weighted by atomic mass is 16.7. The molecule has 1 aromatic rings. The third-order valence-corrected chi connectivity index (χ3v) is 4.97. The van der Waals surface area contributed by atoms with E-state index < -0.39 is 6.16 Å². The van der Waals surface area contributed by atoms with E-state index in [0.717, 1.165) is 0 Å². The Labute approximate surface area is 217 Å². The Morgan fingerprint density at radius 3 is 2.27 bits per heavy atom. The van der Waals surface area contributed by atoms with E-state index >= 15 is 0 Å². The molecule has 2 unspecified atom stereocenters. The van der Waals surface area contributed by atoms with Crippen LogP contribution in [0.15, 0.2) is 73.6 Å². The summed E-state index contributed by atoms with van der Waals surface area (Å²) in [6, 6.07) is 4.71. The van der Waals surface area contributed by atoms with Gasteiger partial charge in [0.05, 0.1) is 13.5 Å². The maximum atomic E-state index is 12.0. The summed E-state index contributed by atoms with van der Waals surface area (Å²) in [7, 11) is 2.97. The lowest BCUT2D eigenvalue weighted by atomic mass is 9.90. The first-order chi connectivity index (χ1) is 17.7. The van der Waals surface area contributed by atoms with E-state index in [1.807, 2.05) is 0 Å². The summed E-state index contributed by atoms with van der Waals surface area (Å²) in [6.45, 7) is 7.07. The van der Waals surface area contributed by atoms with Crippen LogP contribution in [-0.2, 0) is 23.8 Å². The maximum absolute atomic E-state index is 12.0. The smallest absolute Gasteiger partial charge is 0.508 e. The third kappa shape index (κ3) is 12.4. The molecule has 2 N–H and O–H groups in total. The summed E-state index contributed by atoms with van der Waals surface area (Å²) < 4.78 is 19.1. The Morgan fingerprint density at radius 2 is 1.68 bits per heavy atom. The van der Waals surface area contributed by atoms with Gasteiger partial charge in [-0.2, -0.15) is 0 Å². The summed E-state index contributed by atoms with van der Waals surface area (Å²) in [5.74, 6) is 0.0475. The van der Waals surface area contributed by atoms with Crippen molar-refractivity contribution in [3.63, 3.8) is 0 Å². The van der Waals surface area contributed by atoms with Crippen LogP contribution >= 0.6 is 0 Å². The molecule has 0 amide bonds. The molecule has 0 radical (unpaired) electrons. The number of aliphatic hydroxyl groups is 1. The molecule has 200 valence electrons. The summed E-state index contributed by atoms with van der Waals surface area (Å²) in [5, 5.41) is 19.2. The molecule has 0 saturated carbocycles. The molecule has 0 aliphatic heterocycles. The van der Waals surface area contributed by atoms with Crippen molar-refractivity contribution < 1.29 is 43.5 Å². The Bertz CT molecular complexity index is 1010. The zero-order valence-electron chi connectivity index (χ0n) is 21.1. The molecule has 0 heterocycles. The Hall–Kier alpha value is -4.11. The lowest BCUT2D eigenvalue weighted by molar-refractivity contribution is -0.121. The van der Waals surface area contributed by atoms with Crippen LogP contribution in [0, 0.1) is 5.92 Å². The second kappa shape index (κ2) is 17.3. The molecule has 1 aliphatic carbocycles. The first kappa shape index (κ1) is 30.9. The molecule has 9 heteroatoms. The van der Waals surface area contributed by atoms with Crippen LogP contribution < -0.4 is 4.74 Å². The number of ether oxygens (including phenoxy) is 4. The van der Waals surface area contributed by atoms with E-state index in [9.17, 15) is 24.6 Å². The Morgan fingerprint density at radius 1 is 1.03 bits per heavy atom. The average molecular weight is 515 g/mol. The maximum Gasteiger partial charge on any atom is 0.508 e. The number of hydrogen-bond acceptors (Lipinski definition) is 9. The van der Waals surface area contributed by atoms with E-state index in [2.05, 4.69) is 22.6 Å². The number of rotatable bonds is 12. The predicted octanol–water partition coefficient (Wildman–Crippen LogP) is 4.88. The molecule has 0 bridgehead atoms. The molecule has 0 aromatic heterocycles. The van der Waals surface area contributed by atoms with E-state index in [0.29, 0.717) is 24.2 Å². The number of phenolic OH excluding ortho intramolecular Hbond substituents is 1. The van der Waals surface area contributed by atoms with Crippen LogP contribution in [0.1, 0.15) is 24.8 Å². The van der Waals surface area contributed by atoms with Gasteiger partial charge >= 0.3 is 6.16 Å². The zero-order valence-corrected chi connectivity index (χ0v) is 21.1. The van der Waals surface area contributed by atoms with Gasteiger partial charge in [-0.15, -0.1) is 0 Å². The van der Waals surface area contributed by atoms with Crippen molar-refractivity contribution >= 4 is 23.8 Å². The number of carbonyl (C=O) groups is 3. The average Bonchev–Trinajstić information content (AvgIpc) is 2.90. The highest BCUT2D eigenvalue weighted by Gasteiger charge is 2.22. The topological polar surface area (TPSA) is 129 Å². The van der Waals surface area contributed by atoms with Crippen LogP contribution in [0.25, 0.3) is 6.08 Å².